The number of rotatable bonds is 10. The number of Topliss-reactive ketones (excluding diaryl/α,β-unsaturated/α-hetero) is 1. The van der Waals surface area contributed by atoms with Gasteiger partial charge in [-0.3, -0.25) is 14.4 Å². The van der Waals surface area contributed by atoms with Gasteiger partial charge in [0.2, 0.25) is 11.8 Å². The van der Waals surface area contributed by atoms with Crippen molar-refractivity contribution in [2.24, 2.45) is 5.92 Å². The lowest BCUT2D eigenvalue weighted by Crippen LogP contribution is -2.80. The Hall–Kier alpha value is -3.44. The number of quaternary nitrogens is 1. The number of ether oxygens (including phenoxy) is 2. The molecule has 11 nitrogen and oxygen atoms in total. The van der Waals surface area contributed by atoms with Gasteiger partial charge in [0.1, 0.15) is 17.7 Å². The zero-order chi connectivity index (χ0) is 31.3. The third-order valence-electron chi connectivity index (χ3n) is 10.1. The molecule has 2 aliphatic carbocycles. The summed E-state index contributed by atoms with van der Waals surface area (Å²) in [6, 6.07) is 2.88. The first-order valence-electron chi connectivity index (χ1n) is 15.3. The minimum absolute atomic E-state index is 0.0348. The largest absolute Gasteiger partial charge is 0.477 e. The number of aliphatic hydroxyl groups is 1. The van der Waals surface area contributed by atoms with Crippen LogP contribution in [0.15, 0.2) is 24.8 Å². The summed E-state index contributed by atoms with van der Waals surface area (Å²) in [5.74, 6) is 0.169. The average molecular weight is 598 g/mol. The molecule has 43 heavy (non-hydrogen) atoms. The van der Waals surface area contributed by atoms with Crippen molar-refractivity contribution in [1.82, 2.24) is 15.5 Å². The fourth-order valence-electron chi connectivity index (χ4n) is 8.09. The summed E-state index contributed by atoms with van der Waals surface area (Å²) < 4.78 is 12.8. The number of hydrogen-bond donors (Lipinski definition) is 3. The van der Waals surface area contributed by atoms with Crippen LogP contribution < -0.4 is 20.1 Å². The summed E-state index contributed by atoms with van der Waals surface area (Å²) >= 11 is 0. The predicted molar refractivity (Wildman–Crippen MR) is 159 cm³/mol. The summed E-state index contributed by atoms with van der Waals surface area (Å²) in [4.78, 5) is 52.0. The van der Waals surface area contributed by atoms with E-state index < -0.39 is 29.3 Å². The molecule has 4 aliphatic rings. The highest BCUT2D eigenvalue weighted by Gasteiger charge is 2.76. The molecule has 0 radical (unpaired) electrons. The maximum atomic E-state index is 13.3. The molecule has 1 aromatic rings. The lowest BCUT2D eigenvalue weighted by Gasteiger charge is -2.64. The topological polar surface area (TPSA) is 134 Å². The van der Waals surface area contributed by atoms with Crippen LogP contribution in [0.3, 0.4) is 0 Å². The first-order valence-corrected chi connectivity index (χ1v) is 15.3. The molecule has 2 heterocycles. The van der Waals surface area contributed by atoms with Crippen LogP contribution in [0.1, 0.15) is 57.6 Å². The average Bonchev–Trinajstić information content (AvgIpc) is 3.30. The highest BCUT2D eigenvalue weighted by molar-refractivity contribution is 5.90. The van der Waals surface area contributed by atoms with E-state index in [0.717, 1.165) is 24.2 Å². The van der Waals surface area contributed by atoms with Gasteiger partial charge in [0.15, 0.2) is 23.4 Å². The number of benzene rings is 1. The van der Waals surface area contributed by atoms with Crippen molar-refractivity contribution in [3.8, 4) is 11.5 Å². The molecule has 6 atom stereocenters. The summed E-state index contributed by atoms with van der Waals surface area (Å²) in [5.41, 5.74) is -0.194. The van der Waals surface area contributed by atoms with E-state index in [-0.39, 0.29) is 54.8 Å². The maximum absolute atomic E-state index is 13.3. The van der Waals surface area contributed by atoms with Crippen molar-refractivity contribution in [2.45, 2.75) is 82.1 Å². The molecule has 1 unspecified atom stereocenters. The van der Waals surface area contributed by atoms with E-state index in [9.17, 15) is 24.3 Å². The van der Waals surface area contributed by atoms with Gasteiger partial charge in [-0.05, 0) is 36.5 Å². The zero-order valence-electron chi connectivity index (χ0n) is 25.9. The molecule has 1 saturated heterocycles. The predicted octanol–water partition coefficient (Wildman–Crippen LogP) is 1.84. The van der Waals surface area contributed by atoms with Gasteiger partial charge in [-0.25, -0.2) is 4.79 Å². The van der Waals surface area contributed by atoms with Crippen LogP contribution in [-0.4, -0.2) is 102 Å². The molecule has 1 saturated carbocycles. The maximum Gasteiger partial charge on any atom is 0.415 e. The van der Waals surface area contributed by atoms with Crippen molar-refractivity contribution in [3.63, 3.8) is 0 Å². The molecule has 11 heteroatoms. The fourth-order valence-corrected chi connectivity index (χ4v) is 8.09. The molecule has 3 amide bonds. The quantitative estimate of drug-likeness (QED) is 0.277. The molecule has 5 rings (SSSR count). The molecule has 2 fully saturated rings. The van der Waals surface area contributed by atoms with E-state index >= 15 is 0 Å². The number of amides is 3. The minimum atomic E-state index is -1.14. The third kappa shape index (κ3) is 5.00. The molecule has 2 bridgehead atoms. The Morgan fingerprint density at radius 3 is 2.72 bits per heavy atom. The zero-order valence-corrected chi connectivity index (χ0v) is 25.9. The van der Waals surface area contributed by atoms with Gasteiger partial charge in [-0.2, -0.15) is 0 Å². The SMILES string of the molecule is C=CC[N+]1(C)CC[C@]23c4c5ccc(OC(=O)N(C)CCNC(=O)[C@H](CC(C)C)NC(C)=O)c4O[C@H]2C(=O)CC[C@@]3(O)[C@@H]1C5. The van der Waals surface area contributed by atoms with Crippen LogP contribution in [0.5, 0.6) is 11.5 Å². The van der Waals surface area contributed by atoms with Crippen LogP contribution >= 0.6 is 0 Å². The van der Waals surface area contributed by atoms with E-state index in [1.807, 2.05) is 26.0 Å². The Morgan fingerprint density at radius 1 is 1.30 bits per heavy atom. The van der Waals surface area contributed by atoms with Crippen molar-refractivity contribution in [2.75, 3.05) is 40.3 Å². The van der Waals surface area contributed by atoms with Crippen LogP contribution in [0.25, 0.3) is 0 Å². The Kier molecular flexibility index (Phi) is 8.11. The van der Waals surface area contributed by atoms with Crippen molar-refractivity contribution in [3.05, 3.63) is 35.9 Å². The van der Waals surface area contributed by atoms with E-state index in [1.54, 1.807) is 13.1 Å². The summed E-state index contributed by atoms with van der Waals surface area (Å²) in [5, 5.41) is 17.9. The van der Waals surface area contributed by atoms with Gasteiger partial charge >= 0.3 is 6.09 Å². The number of likely N-dealkylation sites (N-methyl/N-ethyl adjacent to an activating group) is 2. The van der Waals surface area contributed by atoms with E-state index in [0.29, 0.717) is 35.9 Å². The molecule has 2 aliphatic heterocycles. The summed E-state index contributed by atoms with van der Waals surface area (Å²) in [7, 11) is 3.72. The molecule has 1 spiro atoms. The first kappa shape index (κ1) is 31.0. The molecule has 0 aromatic heterocycles. The highest BCUT2D eigenvalue weighted by atomic mass is 16.6. The Labute approximate surface area is 253 Å². The third-order valence-corrected chi connectivity index (χ3v) is 10.1. The van der Waals surface area contributed by atoms with E-state index in [4.69, 9.17) is 9.47 Å². The number of ketones is 1. The van der Waals surface area contributed by atoms with Crippen LogP contribution in [0, 0.1) is 5.92 Å². The minimum Gasteiger partial charge on any atom is -0.477 e. The van der Waals surface area contributed by atoms with Crippen LogP contribution in [0.2, 0.25) is 0 Å². The number of carbonyl (C=O) groups excluding carboxylic acids is 4. The molecule has 3 N–H and O–H groups in total. The lowest BCUT2D eigenvalue weighted by molar-refractivity contribution is -0.944. The Balaban J connectivity index is 1.33. The van der Waals surface area contributed by atoms with Gasteiger partial charge in [0, 0.05) is 51.9 Å². The standard InChI is InChI=1S/C32H44N4O7/c1-7-15-36(6)16-12-31-26-21-8-9-24(27(26)43-28(31)23(38)10-11-32(31,41)25(36)18-21)42-30(40)35(5)14-13-33-29(39)22(17-19(2)3)34-20(4)37/h7-9,19,22,25,28,41H,1,10-18H2,2-6H3,(H-,33,34,37,39)/p+1/t22-,25-,28-,31-,32+,36?/m0/s1. The Bertz CT molecular complexity index is 1350. The van der Waals surface area contributed by atoms with E-state index in [1.165, 1.54) is 11.8 Å². The van der Waals surface area contributed by atoms with Crippen molar-refractivity contribution < 1.29 is 38.2 Å². The first-order chi connectivity index (χ1) is 20.3. The van der Waals surface area contributed by atoms with Gasteiger partial charge in [-0.1, -0.05) is 26.5 Å². The monoisotopic (exact) mass is 597 g/mol. The second kappa shape index (κ2) is 11.2. The number of piperidine rings is 1. The van der Waals surface area contributed by atoms with Crippen molar-refractivity contribution >= 4 is 23.7 Å². The lowest BCUT2D eigenvalue weighted by atomic mass is 9.48. The summed E-state index contributed by atoms with van der Waals surface area (Å²) in [6.07, 6.45) is 2.74. The van der Waals surface area contributed by atoms with Gasteiger partial charge in [-0.15, -0.1) is 0 Å². The van der Waals surface area contributed by atoms with Gasteiger partial charge in [0.25, 0.3) is 0 Å². The number of nitrogens with one attached hydrogen (secondary N) is 2. The van der Waals surface area contributed by atoms with Gasteiger partial charge < -0.3 is 34.6 Å². The molecular formula is C32H45N4O7+. The fraction of sp³-hybridized carbons (Fsp3) is 0.625. The molecular weight excluding hydrogens is 552 g/mol. The number of likely N-dealkylation sites (tertiary alicyclic amines) is 1. The summed E-state index contributed by atoms with van der Waals surface area (Å²) in [6.45, 7) is 11.1. The second-order valence-electron chi connectivity index (χ2n) is 13.4. The smallest absolute Gasteiger partial charge is 0.415 e. The number of nitrogens with zero attached hydrogens (tertiary/aromatic N) is 2. The normalized spacial score (nSPS) is 30.5. The number of hydrogen-bond acceptors (Lipinski definition) is 7. The van der Waals surface area contributed by atoms with Crippen LogP contribution in [0.4, 0.5) is 4.79 Å². The second-order valence-corrected chi connectivity index (χ2v) is 13.4. The van der Waals surface area contributed by atoms with Crippen molar-refractivity contribution in [1.29, 1.82) is 0 Å². The highest BCUT2D eigenvalue weighted by Crippen LogP contribution is 2.65. The molecule has 234 valence electrons. The Morgan fingerprint density at radius 2 is 2.05 bits per heavy atom. The molecule has 1 aromatic carbocycles. The van der Waals surface area contributed by atoms with Crippen LogP contribution in [-0.2, 0) is 26.2 Å². The van der Waals surface area contributed by atoms with Gasteiger partial charge in [0.05, 0.1) is 25.6 Å². The number of carbonyl (C=O) groups is 4. The van der Waals surface area contributed by atoms with E-state index in [2.05, 4.69) is 24.3 Å².